The predicted molar refractivity (Wildman–Crippen MR) is 88.8 cm³/mol. The minimum Gasteiger partial charge on any atom is -0.441 e. The second-order valence-electron chi connectivity index (χ2n) is 5.90. The number of carbonyl (C=O) groups excluding carboxylic acids is 1. The molecule has 130 valence electrons. The van der Waals surface area contributed by atoms with E-state index in [1.807, 2.05) is 0 Å². The molecule has 1 aliphatic heterocycles. The molecule has 0 aliphatic carbocycles. The molecule has 1 fully saturated rings. The van der Waals surface area contributed by atoms with E-state index in [0.29, 0.717) is 35.6 Å². The van der Waals surface area contributed by atoms with Gasteiger partial charge in [0.25, 0.3) is 16.1 Å². The molecule has 0 spiro atoms. The fourth-order valence-electron chi connectivity index (χ4n) is 2.71. The number of piperazine rings is 1. The van der Waals surface area contributed by atoms with Crippen LogP contribution in [0.4, 0.5) is 0 Å². The second kappa shape index (κ2) is 6.15. The number of hydrogen-bond donors (Lipinski definition) is 0. The average molecular weight is 352 g/mol. The van der Waals surface area contributed by atoms with Crippen molar-refractivity contribution in [2.45, 2.75) is 6.92 Å². The predicted octanol–water partition coefficient (Wildman–Crippen LogP) is 0.700. The number of fused-ring (bicyclic) bond motifs is 1. The molecule has 1 aromatic carbocycles. The van der Waals surface area contributed by atoms with Gasteiger partial charge in [-0.25, -0.2) is 4.98 Å². The van der Waals surface area contributed by atoms with E-state index >= 15 is 0 Å². The van der Waals surface area contributed by atoms with E-state index in [9.17, 15) is 13.2 Å². The molecule has 0 atom stereocenters. The molecule has 0 saturated carbocycles. The Hall–Kier alpha value is -1.97. The monoisotopic (exact) mass is 352 g/mol. The molecular formula is C15H20N4O4S. The summed E-state index contributed by atoms with van der Waals surface area (Å²) < 4.78 is 32.3. The fraction of sp³-hybridized carbons (Fsp3) is 0.467. The number of oxazole rings is 1. The van der Waals surface area contributed by atoms with Crippen molar-refractivity contribution in [3.05, 3.63) is 29.7 Å². The van der Waals surface area contributed by atoms with E-state index < -0.39 is 10.2 Å². The molecule has 0 radical (unpaired) electrons. The zero-order chi connectivity index (χ0) is 17.5. The first-order valence-corrected chi connectivity index (χ1v) is 9.03. The number of amides is 1. The number of carbonyl (C=O) groups is 1. The lowest BCUT2D eigenvalue weighted by atomic mass is 10.1. The van der Waals surface area contributed by atoms with Gasteiger partial charge >= 0.3 is 0 Å². The highest BCUT2D eigenvalue weighted by molar-refractivity contribution is 7.86. The van der Waals surface area contributed by atoms with Gasteiger partial charge in [0.05, 0.1) is 0 Å². The molecule has 24 heavy (non-hydrogen) atoms. The Morgan fingerprint density at radius 3 is 2.50 bits per heavy atom. The van der Waals surface area contributed by atoms with Gasteiger partial charge < -0.3 is 9.32 Å². The number of aryl methyl sites for hydroxylation is 1. The van der Waals surface area contributed by atoms with Gasteiger partial charge in [-0.1, -0.05) is 0 Å². The Kier molecular flexibility index (Phi) is 4.33. The maximum absolute atomic E-state index is 12.6. The lowest BCUT2D eigenvalue weighted by Crippen LogP contribution is -2.53. The van der Waals surface area contributed by atoms with Crippen molar-refractivity contribution in [2.75, 3.05) is 40.3 Å². The van der Waals surface area contributed by atoms with E-state index in [1.165, 1.54) is 22.7 Å². The van der Waals surface area contributed by atoms with E-state index in [-0.39, 0.29) is 19.0 Å². The van der Waals surface area contributed by atoms with Crippen molar-refractivity contribution >= 4 is 27.2 Å². The zero-order valence-corrected chi connectivity index (χ0v) is 14.7. The van der Waals surface area contributed by atoms with Gasteiger partial charge in [0.1, 0.15) is 5.52 Å². The smallest absolute Gasteiger partial charge is 0.281 e. The molecule has 2 aromatic rings. The summed E-state index contributed by atoms with van der Waals surface area (Å²) in [4.78, 5) is 18.5. The first kappa shape index (κ1) is 16.9. The third-order valence-corrected chi connectivity index (χ3v) is 6.00. The van der Waals surface area contributed by atoms with Crippen LogP contribution >= 0.6 is 0 Å². The van der Waals surface area contributed by atoms with E-state index in [0.717, 1.165) is 0 Å². The van der Waals surface area contributed by atoms with Gasteiger partial charge in [0, 0.05) is 52.8 Å². The maximum Gasteiger partial charge on any atom is 0.281 e. The van der Waals surface area contributed by atoms with Gasteiger partial charge in [0.15, 0.2) is 11.5 Å². The van der Waals surface area contributed by atoms with Crippen molar-refractivity contribution in [3.63, 3.8) is 0 Å². The van der Waals surface area contributed by atoms with Crippen molar-refractivity contribution in [1.29, 1.82) is 0 Å². The van der Waals surface area contributed by atoms with Crippen LogP contribution in [-0.2, 0) is 10.2 Å². The topological polar surface area (TPSA) is 87.0 Å². The molecule has 9 heteroatoms. The fourth-order valence-corrected chi connectivity index (χ4v) is 3.79. The van der Waals surface area contributed by atoms with E-state index in [2.05, 4.69) is 4.98 Å². The largest absolute Gasteiger partial charge is 0.441 e. The quantitative estimate of drug-likeness (QED) is 0.811. The SMILES string of the molecule is Cc1nc2ccc(C(=O)N3CCN(S(=O)(=O)N(C)C)CC3)cc2o1. The second-order valence-corrected chi connectivity index (χ2v) is 8.04. The number of rotatable bonds is 3. The summed E-state index contributed by atoms with van der Waals surface area (Å²) in [7, 11) is -0.431. The summed E-state index contributed by atoms with van der Waals surface area (Å²) in [5, 5.41) is 0. The third-order valence-electron chi connectivity index (χ3n) is 4.06. The Labute approximate surface area is 140 Å². The third kappa shape index (κ3) is 3.02. The Bertz CT molecular complexity index is 867. The molecule has 2 heterocycles. The summed E-state index contributed by atoms with van der Waals surface area (Å²) in [6, 6.07) is 5.15. The standard InChI is InChI=1S/C15H20N4O4S/c1-11-16-13-5-4-12(10-14(13)23-11)15(20)18-6-8-19(9-7-18)24(21,22)17(2)3/h4-5,10H,6-9H2,1-3H3. The van der Waals surface area contributed by atoms with Crippen LogP contribution in [0.2, 0.25) is 0 Å². The molecule has 1 amide bonds. The number of nitrogens with zero attached hydrogens (tertiary/aromatic N) is 4. The zero-order valence-electron chi connectivity index (χ0n) is 13.9. The molecule has 1 aromatic heterocycles. The van der Waals surface area contributed by atoms with Crippen LogP contribution < -0.4 is 0 Å². The number of hydrogen-bond acceptors (Lipinski definition) is 5. The minimum absolute atomic E-state index is 0.132. The van der Waals surface area contributed by atoms with Crippen molar-refractivity contribution in [1.82, 2.24) is 18.5 Å². The molecule has 8 nitrogen and oxygen atoms in total. The van der Waals surface area contributed by atoms with Crippen LogP contribution in [0.3, 0.4) is 0 Å². The molecule has 0 N–H and O–H groups in total. The lowest BCUT2D eigenvalue weighted by Gasteiger charge is -2.35. The molecule has 1 saturated heterocycles. The molecular weight excluding hydrogens is 332 g/mol. The van der Waals surface area contributed by atoms with E-state index in [1.54, 1.807) is 30.0 Å². The van der Waals surface area contributed by atoms with Crippen LogP contribution in [0.25, 0.3) is 11.1 Å². The molecule has 1 aliphatic rings. The first-order chi connectivity index (χ1) is 11.3. The summed E-state index contributed by atoms with van der Waals surface area (Å²) in [5.41, 5.74) is 1.81. The van der Waals surface area contributed by atoms with Crippen molar-refractivity contribution < 1.29 is 17.6 Å². The summed E-state index contributed by atoms with van der Waals surface area (Å²) >= 11 is 0. The molecule has 3 rings (SSSR count). The average Bonchev–Trinajstić information content (AvgIpc) is 2.93. The highest BCUT2D eigenvalue weighted by Gasteiger charge is 2.30. The highest BCUT2D eigenvalue weighted by Crippen LogP contribution is 2.19. The van der Waals surface area contributed by atoms with Crippen molar-refractivity contribution in [3.8, 4) is 0 Å². The normalized spacial score (nSPS) is 16.9. The van der Waals surface area contributed by atoms with Crippen LogP contribution in [0, 0.1) is 6.92 Å². The lowest BCUT2D eigenvalue weighted by molar-refractivity contribution is 0.0695. The number of aromatic nitrogens is 1. The minimum atomic E-state index is -3.43. The Morgan fingerprint density at radius 2 is 1.88 bits per heavy atom. The molecule has 0 bridgehead atoms. The maximum atomic E-state index is 12.6. The van der Waals surface area contributed by atoms with Crippen LogP contribution in [0.15, 0.2) is 22.6 Å². The van der Waals surface area contributed by atoms with Crippen LogP contribution in [0.5, 0.6) is 0 Å². The Balaban J connectivity index is 1.72. The molecule has 0 unspecified atom stereocenters. The summed E-state index contributed by atoms with van der Waals surface area (Å²) in [6.45, 7) is 3.05. The van der Waals surface area contributed by atoms with E-state index in [4.69, 9.17) is 4.42 Å². The number of benzene rings is 1. The van der Waals surface area contributed by atoms with Crippen LogP contribution in [0.1, 0.15) is 16.2 Å². The van der Waals surface area contributed by atoms with Gasteiger partial charge in [-0.15, -0.1) is 0 Å². The van der Waals surface area contributed by atoms with Gasteiger partial charge in [0.2, 0.25) is 0 Å². The Morgan fingerprint density at radius 1 is 1.21 bits per heavy atom. The van der Waals surface area contributed by atoms with Gasteiger partial charge in [-0.05, 0) is 18.2 Å². The van der Waals surface area contributed by atoms with Gasteiger partial charge in [-0.2, -0.15) is 17.0 Å². The van der Waals surface area contributed by atoms with Crippen LogP contribution in [-0.4, -0.2) is 73.1 Å². The summed E-state index contributed by atoms with van der Waals surface area (Å²) in [6.07, 6.45) is 0. The summed E-state index contributed by atoms with van der Waals surface area (Å²) in [5.74, 6) is 0.421. The van der Waals surface area contributed by atoms with Gasteiger partial charge in [-0.3, -0.25) is 4.79 Å². The first-order valence-electron chi connectivity index (χ1n) is 7.63. The van der Waals surface area contributed by atoms with Crippen molar-refractivity contribution in [2.24, 2.45) is 0 Å². The highest BCUT2D eigenvalue weighted by atomic mass is 32.2.